The smallest absolute Gasteiger partial charge is 0.0543 e. The summed E-state index contributed by atoms with van der Waals surface area (Å²) < 4.78 is 0. The van der Waals surface area contributed by atoms with Crippen LogP contribution in [0.5, 0.6) is 0 Å². The van der Waals surface area contributed by atoms with E-state index >= 15 is 0 Å². The van der Waals surface area contributed by atoms with Gasteiger partial charge in [0.05, 0.1) is 6.10 Å². The molecule has 0 bridgehead atoms. The summed E-state index contributed by atoms with van der Waals surface area (Å²) in [6.07, 6.45) is 16.1. The fraction of sp³-hybridized carbons (Fsp3) is 0.786. The van der Waals surface area contributed by atoms with Gasteiger partial charge in [-0.25, -0.2) is 0 Å². The Morgan fingerprint density at radius 1 is 1.17 bits per heavy atom. The van der Waals surface area contributed by atoms with Gasteiger partial charge in [0.1, 0.15) is 0 Å². The second kappa shape index (κ2) is 7.70. The molecular weight excluding hydrogens is 352 g/mol. The number of aliphatic hydroxyl groups is 1. The van der Waals surface area contributed by atoms with Crippen molar-refractivity contribution in [3.63, 3.8) is 0 Å². The SMILES string of the molecule is C=C(CCC(C)C1CCC2C3=CCC4CC(O)CC[C@]4(C)C3=CC[C@@]21C)C(C)C. The Hall–Kier alpha value is -0.820. The summed E-state index contributed by atoms with van der Waals surface area (Å²) >= 11 is 0. The maximum Gasteiger partial charge on any atom is 0.0543 e. The van der Waals surface area contributed by atoms with E-state index < -0.39 is 0 Å². The van der Waals surface area contributed by atoms with Crippen LogP contribution < -0.4 is 0 Å². The Morgan fingerprint density at radius 2 is 1.93 bits per heavy atom. The van der Waals surface area contributed by atoms with Crippen LogP contribution in [-0.4, -0.2) is 11.2 Å². The zero-order valence-corrected chi connectivity index (χ0v) is 19.6. The predicted octanol–water partition coefficient (Wildman–Crippen LogP) is 7.47. The first-order chi connectivity index (χ1) is 13.7. The molecule has 0 spiro atoms. The summed E-state index contributed by atoms with van der Waals surface area (Å²) in [6, 6.07) is 0. The van der Waals surface area contributed by atoms with Crippen LogP contribution in [0.1, 0.15) is 92.4 Å². The molecule has 1 N–H and O–H groups in total. The Kier molecular flexibility index (Phi) is 5.69. The second-order valence-corrected chi connectivity index (χ2v) is 11.8. The van der Waals surface area contributed by atoms with E-state index in [2.05, 4.69) is 53.3 Å². The van der Waals surface area contributed by atoms with Gasteiger partial charge in [-0.15, -0.1) is 0 Å². The standard InChI is InChI=1S/C28H44O/c1-18(2)19(3)7-8-20(4)24-11-12-25-23-10-9-21-17-22(29)13-15-27(21,5)26(23)14-16-28(24,25)6/h10,14,18,20-22,24-25,29H,3,7-9,11-13,15-17H2,1-2,4-6H3/t20?,21?,22?,24?,25?,27-,28+/m0/s1. The van der Waals surface area contributed by atoms with E-state index in [9.17, 15) is 5.11 Å². The van der Waals surface area contributed by atoms with E-state index in [1.54, 1.807) is 11.1 Å². The third-order valence-electron chi connectivity index (χ3n) is 9.96. The lowest BCUT2D eigenvalue weighted by Crippen LogP contribution is -2.44. The van der Waals surface area contributed by atoms with Crippen molar-refractivity contribution in [3.8, 4) is 0 Å². The second-order valence-electron chi connectivity index (χ2n) is 11.8. The predicted molar refractivity (Wildman–Crippen MR) is 124 cm³/mol. The third kappa shape index (κ3) is 3.50. The Bertz CT molecular complexity index is 712. The zero-order valence-electron chi connectivity index (χ0n) is 19.6. The average molecular weight is 397 g/mol. The first-order valence-corrected chi connectivity index (χ1v) is 12.4. The number of hydrogen-bond acceptors (Lipinski definition) is 1. The maximum atomic E-state index is 10.2. The molecule has 0 saturated heterocycles. The van der Waals surface area contributed by atoms with Crippen molar-refractivity contribution in [2.75, 3.05) is 0 Å². The summed E-state index contributed by atoms with van der Waals surface area (Å²) in [5, 5.41) is 10.2. The van der Waals surface area contributed by atoms with E-state index in [-0.39, 0.29) is 6.10 Å². The Labute approximate surface area is 179 Å². The van der Waals surface area contributed by atoms with Gasteiger partial charge in [-0.05, 0) is 109 Å². The molecule has 0 aromatic rings. The van der Waals surface area contributed by atoms with Crippen molar-refractivity contribution >= 4 is 0 Å². The third-order valence-corrected chi connectivity index (χ3v) is 9.96. The highest BCUT2D eigenvalue weighted by atomic mass is 16.3. The molecular formula is C28H44O. The molecule has 0 amide bonds. The first-order valence-electron chi connectivity index (χ1n) is 12.4. The monoisotopic (exact) mass is 396 g/mol. The van der Waals surface area contributed by atoms with Crippen LogP contribution in [0, 0.1) is 40.4 Å². The molecule has 2 saturated carbocycles. The Balaban J connectivity index is 1.54. The zero-order chi connectivity index (χ0) is 21.0. The molecule has 5 unspecified atom stereocenters. The summed E-state index contributed by atoms with van der Waals surface area (Å²) in [6.45, 7) is 16.5. The van der Waals surface area contributed by atoms with Gasteiger partial charge in [-0.2, -0.15) is 0 Å². The molecule has 0 heterocycles. The number of fused-ring (bicyclic) bond motifs is 5. The van der Waals surface area contributed by atoms with Crippen molar-refractivity contribution in [2.45, 2.75) is 98.5 Å². The molecule has 162 valence electrons. The quantitative estimate of drug-likeness (QED) is 0.478. The van der Waals surface area contributed by atoms with Crippen LogP contribution in [-0.2, 0) is 0 Å². The van der Waals surface area contributed by atoms with Crippen LogP contribution >= 0.6 is 0 Å². The van der Waals surface area contributed by atoms with Gasteiger partial charge in [-0.1, -0.05) is 58.9 Å². The minimum absolute atomic E-state index is 0.0743. The van der Waals surface area contributed by atoms with Gasteiger partial charge < -0.3 is 5.11 Å². The van der Waals surface area contributed by atoms with Gasteiger partial charge in [0, 0.05) is 0 Å². The normalized spacial score (nSPS) is 42.4. The molecule has 4 rings (SSSR count). The molecule has 7 atom stereocenters. The molecule has 0 aliphatic heterocycles. The van der Waals surface area contributed by atoms with Gasteiger partial charge in [0.2, 0.25) is 0 Å². The van der Waals surface area contributed by atoms with Gasteiger partial charge in [0.25, 0.3) is 0 Å². The van der Waals surface area contributed by atoms with Gasteiger partial charge in [-0.3, -0.25) is 0 Å². The molecule has 0 radical (unpaired) electrons. The molecule has 4 aliphatic rings. The van der Waals surface area contributed by atoms with Crippen molar-refractivity contribution in [1.29, 1.82) is 0 Å². The number of allylic oxidation sites excluding steroid dienone is 5. The van der Waals surface area contributed by atoms with E-state index in [1.807, 2.05) is 0 Å². The lowest BCUT2D eigenvalue weighted by molar-refractivity contribution is 0.0310. The number of aliphatic hydroxyl groups excluding tert-OH is 1. The molecule has 0 aromatic heterocycles. The van der Waals surface area contributed by atoms with Gasteiger partial charge >= 0.3 is 0 Å². The molecule has 0 aromatic carbocycles. The van der Waals surface area contributed by atoms with Crippen molar-refractivity contribution in [3.05, 3.63) is 35.5 Å². The summed E-state index contributed by atoms with van der Waals surface area (Å²) in [7, 11) is 0. The molecule has 29 heavy (non-hydrogen) atoms. The van der Waals surface area contributed by atoms with E-state index in [1.165, 1.54) is 50.5 Å². The average Bonchev–Trinajstić information content (AvgIpc) is 3.03. The Morgan fingerprint density at radius 3 is 2.66 bits per heavy atom. The summed E-state index contributed by atoms with van der Waals surface area (Å²) in [4.78, 5) is 0. The van der Waals surface area contributed by atoms with E-state index in [0.717, 1.165) is 30.6 Å². The van der Waals surface area contributed by atoms with Crippen molar-refractivity contribution in [1.82, 2.24) is 0 Å². The molecule has 2 fully saturated rings. The number of hydrogen-bond donors (Lipinski definition) is 1. The minimum atomic E-state index is -0.0743. The first kappa shape index (κ1) is 21.4. The van der Waals surface area contributed by atoms with Crippen LogP contribution in [0.4, 0.5) is 0 Å². The van der Waals surface area contributed by atoms with Crippen molar-refractivity contribution in [2.24, 2.45) is 40.4 Å². The fourth-order valence-electron chi connectivity index (χ4n) is 7.71. The summed E-state index contributed by atoms with van der Waals surface area (Å²) in [5.41, 5.74) is 5.57. The molecule has 1 heteroatoms. The highest BCUT2D eigenvalue weighted by Gasteiger charge is 2.55. The topological polar surface area (TPSA) is 20.2 Å². The van der Waals surface area contributed by atoms with Gasteiger partial charge in [0.15, 0.2) is 0 Å². The highest BCUT2D eigenvalue weighted by Crippen LogP contribution is 2.65. The van der Waals surface area contributed by atoms with Crippen LogP contribution in [0.15, 0.2) is 35.5 Å². The van der Waals surface area contributed by atoms with Crippen molar-refractivity contribution < 1.29 is 5.11 Å². The molecule has 1 nitrogen and oxygen atoms in total. The maximum absolute atomic E-state index is 10.2. The fourth-order valence-corrected chi connectivity index (χ4v) is 7.71. The number of rotatable bonds is 5. The largest absolute Gasteiger partial charge is 0.393 e. The summed E-state index contributed by atoms with van der Waals surface area (Å²) in [5.74, 6) is 3.64. The van der Waals surface area contributed by atoms with E-state index in [4.69, 9.17) is 0 Å². The van der Waals surface area contributed by atoms with Crippen LogP contribution in [0.2, 0.25) is 0 Å². The minimum Gasteiger partial charge on any atom is -0.393 e. The highest BCUT2D eigenvalue weighted by molar-refractivity contribution is 5.46. The van der Waals surface area contributed by atoms with Crippen LogP contribution in [0.25, 0.3) is 0 Å². The lowest BCUT2D eigenvalue weighted by atomic mass is 9.51. The lowest BCUT2D eigenvalue weighted by Gasteiger charge is -2.53. The van der Waals surface area contributed by atoms with E-state index in [0.29, 0.717) is 22.7 Å². The van der Waals surface area contributed by atoms with Crippen LogP contribution in [0.3, 0.4) is 0 Å². The molecule has 4 aliphatic carbocycles.